The van der Waals surface area contributed by atoms with Crippen LogP contribution in [0.15, 0.2) is 66.7 Å². The van der Waals surface area contributed by atoms with Gasteiger partial charge in [0, 0.05) is 20.0 Å². The molecular formula is C25H28N2O2. The van der Waals surface area contributed by atoms with E-state index in [2.05, 4.69) is 35.6 Å². The van der Waals surface area contributed by atoms with Crippen molar-refractivity contribution < 1.29 is 9.59 Å². The molecule has 0 spiro atoms. The maximum atomic E-state index is 13.1. The fourth-order valence-corrected chi connectivity index (χ4v) is 3.69. The number of benzene rings is 3. The van der Waals surface area contributed by atoms with Gasteiger partial charge in [0.05, 0.1) is 0 Å². The molecule has 4 nitrogen and oxygen atoms in total. The molecular weight excluding hydrogens is 360 g/mol. The molecule has 0 saturated carbocycles. The van der Waals surface area contributed by atoms with Crippen LogP contribution in [0.4, 0.5) is 0 Å². The molecule has 0 aliphatic heterocycles. The van der Waals surface area contributed by atoms with Gasteiger partial charge in [0.1, 0.15) is 6.04 Å². The Kier molecular flexibility index (Phi) is 6.65. The number of hydrogen-bond acceptors (Lipinski definition) is 2. The molecule has 0 bridgehead atoms. The van der Waals surface area contributed by atoms with Crippen molar-refractivity contribution in [3.8, 4) is 0 Å². The zero-order valence-corrected chi connectivity index (χ0v) is 17.3. The van der Waals surface area contributed by atoms with Crippen molar-refractivity contribution in [3.63, 3.8) is 0 Å². The fourth-order valence-electron chi connectivity index (χ4n) is 3.69. The molecule has 0 fully saturated rings. The third-order valence-electron chi connectivity index (χ3n) is 5.34. The molecule has 1 atom stereocenters. The summed E-state index contributed by atoms with van der Waals surface area (Å²) >= 11 is 0. The Labute approximate surface area is 172 Å². The number of amides is 2. The first-order valence-electron chi connectivity index (χ1n) is 10.0. The van der Waals surface area contributed by atoms with Gasteiger partial charge in [0.25, 0.3) is 0 Å². The first-order chi connectivity index (χ1) is 14.0. The lowest BCUT2D eigenvalue weighted by Gasteiger charge is -2.28. The van der Waals surface area contributed by atoms with Gasteiger partial charge in [-0.15, -0.1) is 0 Å². The average Bonchev–Trinajstić information content (AvgIpc) is 2.74. The van der Waals surface area contributed by atoms with E-state index in [1.165, 1.54) is 10.8 Å². The van der Waals surface area contributed by atoms with Crippen LogP contribution < -0.4 is 5.32 Å². The molecule has 150 valence electrons. The van der Waals surface area contributed by atoms with Crippen LogP contribution in [0.3, 0.4) is 0 Å². The van der Waals surface area contributed by atoms with Gasteiger partial charge in [-0.25, -0.2) is 0 Å². The molecule has 29 heavy (non-hydrogen) atoms. The molecule has 0 aliphatic carbocycles. The number of nitrogens with zero attached hydrogens (tertiary/aromatic N) is 1. The zero-order chi connectivity index (χ0) is 20.8. The van der Waals surface area contributed by atoms with Crippen LogP contribution in [-0.2, 0) is 22.6 Å². The number of hydrogen-bond donors (Lipinski definition) is 1. The second-order valence-corrected chi connectivity index (χ2v) is 7.44. The van der Waals surface area contributed by atoms with Gasteiger partial charge in [-0.1, -0.05) is 72.3 Å². The van der Waals surface area contributed by atoms with Crippen molar-refractivity contribution in [2.24, 2.45) is 0 Å². The molecule has 1 unspecified atom stereocenters. The number of nitrogens with one attached hydrogen (secondary N) is 1. The van der Waals surface area contributed by atoms with Crippen molar-refractivity contribution in [2.75, 3.05) is 7.05 Å². The van der Waals surface area contributed by atoms with Crippen LogP contribution in [0, 0.1) is 6.92 Å². The van der Waals surface area contributed by atoms with Crippen LogP contribution in [0.25, 0.3) is 10.8 Å². The van der Waals surface area contributed by atoms with E-state index in [0.29, 0.717) is 19.4 Å². The third-order valence-corrected chi connectivity index (χ3v) is 5.34. The van der Waals surface area contributed by atoms with E-state index in [1.807, 2.05) is 43.3 Å². The topological polar surface area (TPSA) is 49.4 Å². The highest BCUT2D eigenvalue weighted by atomic mass is 16.2. The van der Waals surface area contributed by atoms with Gasteiger partial charge in [0.2, 0.25) is 11.8 Å². The van der Waals surface area contributed by atoms with Crippen molar-refractivity contribution in [1.82, 2.24) is 10.2 Å². The van der Waals surface area contributed by atoms with Crippen molar-refractivity contribution in [3.05, 3.63) is 83.4 Å². The molecule has 3 rings (SSSR count). The summed E-state index contributed by atoms with van der Waals surface area (Å²) in [5.41, 5.74) is 3.32. The normalized spacial score (nSPS) is 11.8. The largest absolute Gasteiger partial charge is 0.357 e. The summed E-state index contributed by atoms with van der Waals surface area (Å²) in [4.78, 5) is 27.1. The Bertz CT molecular complexity index is 1010. The Morgan fingerprint density at radius 3 is 2.48 bits per heavy atom. The first-order valence-corrected chi connectivity index (χ1v) is 10.0. The van der Waals surface area contributed by atoms with Crippen LogP contribution in [0.2, 0.25) is 0 Å². The predicted molar refractivity (Wildman–Crippen MR) is 118 cm³/mol. The third kappa shape index (κ3) is 5.02. The number of fused-ring (bicyclic) bond motifs is 1. The van der Waals surface area contributed by atoms with Crippen LogP contribution >= 0.6 is 0 Å². The second-order valence-electron chi connectivity index (χ2n) is 7.44. The van der Waals surface area contributed by atoms with Crippen molar-refractivity contribution >= 4 is 22.6 Å². The van der Waals surface area contributed by atoms with Gasteiger partial charge >= 0.3 is 0 Å². The van der Waals surface area contributed by atoms with E-state index < -0.39 is 6.04 Å². The zero-order valence-electron chi connectivity index (χ0n) is 17.3. The molecule has 3 aromatic rings. The monoisotopic (exact) mass is 388 g/mol. The van der Waals surface area contributed by atoms with Crippen LogP contribution in [0.5, 0.6) is 0 Å². The molecule has 0 radical (unpaired) electrons. The van der Waals surface area contributed by atoms with E-state index in [-0.39, 0.29) is 11.8 Å². The quantitative estimate of drug-likeness (QED) is 0.658. The summed E-state index contributed by atoms with van der Waals surface area (Å²) in [6.45, 7) is 4.23. The molecule has 0 saturated heterocycles. The lowest BCUT2D eigenvalue weighted by molar-refractivity contribution is -0.140. The minimum Gasteiger partial charge on any atom is -0.357 e. The van der Waals surface area contributed by atoms with Crippen LogP contribution in [-0.4, -0.2) is 29.8 Å². The maximum absolute atomic E-state index is 13.1. The van der Waals surface area contributed by atoms with Gasteiger partial charge < -0.3 is 10.2 Å². The molecule has 4 heteroatoms. The van der Waals surface area contributed by atoms with E-state index in [1.54, 1.807) is 18.9 Å². The van der Waals surface area contributed by atoms with E-state index >= 15 is 0 Å². The second kappa shape index (κ2) is 9.37. The Balaban J connectivity index is 1.79. The summed E-state index contributed by atoms with van der Waals surface area (Å²) < 4.78 is 0. The minimum atomic E-state index is -0.527. The lowest BCUT2D eigenvalue weighted by atomic mass is 10.0. The molecule has 0 aliphatic rings. The van der Waals surface area contributed by atoms with E-state index in [9.17, 15) is 9.59 Å². The number of carbonyl (C=O) groups excluding carboxylic acids is 2. The van der Waals surface area contributed by atoms with E-state index in [0.717, 1.165) is 16.7 Å². The highest BCUT2D eigenvalue weighted by Gasteiger charge is 2.25. The van der Waals surface area contributed by atoms with Gasteiger partial charge in [-0.05, 0) is 42.2 Å². The summed E-state index contributed by atoms with van der Waals surface area (Å²) in [5, 5.41) is 5.01. The number of likely N-dealkylation sites (N-methyl/N-ethyl adjacent to an activating group) is 1. The van der Waals surface area contributed by atoms with Crippen molar-refractivity contribution in [1.29, 1.82) is 0 Å². The summed E-state index contributed by atoms with van der Waals surface area (Å²) in [7, 11) is 1.60. The highest BCUT2D eigenvalue weighted by Crippen LogP contribution is 2.21. The summed E-state index contributed by atoms with van der Waals surface area (Å²) in [6, 6.07) is 21.9. The molecule has 0 heterocycles. The Morgan fingerprint density at radius 2 is 1.72 bits per heavy atom. The minimum absolute atomic E-state index is 0.0180. The number of aryl methyl sites for hydroxylation is 2. The SMILES string of the molecule is CNC(=O)C(C)N(Cc1cccc(C)c1)C(=O)CCc1cccc2ccccc12. The fraction of sp³-hybridized carbons (Fsp3) is 0.280. The van der Waals surface area contributed by atoms with E-state index in [4.69, 9.17) is 0 Å². The Hall–Kier alpha value is -3.14. The van der Waals surface area contributed by atoms with Crippen LogP contribution in [0.1, 0.15) is 30.0 Å². The molecule has 2 amide bonds. The lowest BCUT2D eigenvalue weighted by Crippen LogP contribution is -2.46. The number of carbonyl (C=O) groups is 2. The summed E-state index contributed by atoms with van der Waals surface area (Å²) in [6.07, 6.45) is 1.01. The smallest absolute Gasteiger partial charge is 0.242 e. The average molecular weight is 389 g/mol. The van der Waals surface area contributed by atoms with Gasteiger partial charge in [-0.2, -0.15) is 0 Å². The first kappa shape index (κ1) is 20.6. The predicted octanol–water partition coefficient (Wildman–Crippen LogP) is 4.24. The maximum Gasteiger partial charge on any atom is 0.242 e. The van der Waals surface area contributed by atoms with Crippen molar-refractivity contribution in [2.45, 2.75) is 39.3 Å². The molecule has 0 aromatic heterocycles. The van der Waals surface area contributed by atoms with Gasteiger partial charge in [-0.3, -0.25) is 9.59 Å². The van der Waals surface area contributed by atoms with Gasteiger partial charge in [0.15, 0.2) is 0 Å². The highest BCUT2D eigenvalue weighted by molar-refractivity contribution is 5.88. The number of rotatable bonds is 7. The Morgan fingerprint density at radius 1 is 1.00 bits per heavy atom. The standard InChI is InChI=1S/C25H28N2O2/c1-18-8-6-9-20(16-18)17-27(19(2)25(29)26-3)24(28)15-14-22-12-7-11-21-10-4-5-13-23(21)22/h4-13,16,19H,14-15,17H2,1-3H3,(H,26,29). The summed E-state index contributed by atoms with van der Waals surface area (Å²) in [5.74, 6) is -0.174. The molecule has 3 aromatic carbocycles. The molecule has 1 N–H and O–H groups in total.